The Hall–Kier alpha value is -2.31. The number of hydrogen-bond donors (Lipinski definition) is 3. The van der Waals surface area contributed by atoms with E-state index in [1.165, 1.54) is 11.8 Å². The molecule has 2 atom stereocenters. The minimum Gasteiger partial charge on any atom is -0.332 e. The van der Waals surface area contributed by atoms with Crippen LogP contribution >= 0.6 is 11.8 Å². The highest BCUT2D eigenvalue weighted by Gasteiger charge is 2.27. The molecule has 3 rings (SSSR count). The molecular weight excluding hydrogens is 322 g/mol. The second-order valence-corrected chi connectivity index (χ2v) is 6.60. The van der Waals surface area contributed by atoms with E-state index in [-0.39, 0.29) is 29.1 Å². The SMILES string of the molecule is O=C(CSC1NC(=O)CC(c2ccccc2)N1)Nc1ccccc1. The number of thioether (sulfide) groups is 1. The minimum atomic E-state index is -0.280. The highest BCUT2D eigenvalue weighted by Crippen LogP contribution is 2.23. The molecule has 2 aromatic rings. The summed E-state index contributed by atoms with van der Waals surface area (Å²) in [5.74, 6) is 0.154. The first-order valence-electron chi connectivity index (χ1n) is 7.77. The van der Waals surface area contributed by atoms with Crippen molar-refractivity contribution in [1.82, 2.24) is 10.6 Å². The first-order valence-corrected chi connectivity index (χ1v) is 8.82. The maximum absolute atomic E-state index is 12.0. The minimum absolute atomic E-state index is 0.0106. The van der Waals surface area contributed by atoms with Crippen LogP contribution in [0.1, 0.15) is 18.0 Å². The molecule has 1 aliphatic rings. The zero-order chi connectivity index (χ0) is 16.8. The zero-order valence-electron chi connectivity index (χ0n) is 13.1. The van der Waals surface area contributed by atoms with Gasteiger partial charge in [-0.1, -0.05) is 48.5 Å². The van der Waals surface area contributed by atoms with Crippen molar-refractivity contribution >= 4 is 29.3 Å². The average molecular weight is 341 g/mol. The maximum atomic E-state index is 12.0. The van der Waals surface area contributed by atoms with Crippen molar-refractivity contribution in [3.8, 4) is 0 Å². The average Bonchev–Trinajstić information content (AvgIpc) is 2.61. The highest BCUT2D eigenvalue weighted by molar-refractivity contribution is 8.00. The van der Waals surface area contributed by atoms with Gasteiger partial charge in [-0.2, -0.15) is 0 Å². The molecule has 2 amide bonds. The number of rotatable bonds is 5. The molecule has 0 bridgehead atoms. The number of benzene rings is 2. The van der Waals surface area contributed by atoms with Crippen molar-refractivity contribution in [3.05, 3.63) is 66.2 Å². The van der Waals surface area contributed by atoms with Crippen LogP contribution in [0.4, 0.5) is 5.69 Å². The van der Waals surface area contributed by atoms with Crippen molar-refractivity contribution in [2.24, 2.45) is 0 Å². The Bertz CT molecular complexity index is 694. The number of carbonyl (C=O) groups excluding carboxylic acids is 2. The predicted octanol–water partition coefficient (Wildman–Crippen LogP) is 2.49. The maximum Gasteiger partial charge on any atom is 0.234 e. The molecule has 124 valence electrons. The van der Waals surface area contributed by atoms with E-state index < -0.39 is 0 Å². The smallest absolute Gasteiger partial charge is 0.234 e. The molecule has 1 heterocycles. The molecule has 3 N–H and O–H groups in total. The van der Waals surface area contributed by atoms with Gasteiger partial charge in [-0.25, -0.2) is 0 Å². The van der Waals surface area contributed by atoms with Gasteiger partial charge in [0.2, 0.25) is 11.8 Å². The van der Waals surface area contributed by atoms with Gasteiger partial charge in [0.1, 0.15) is 5.50 Å². The van der Waals surface area contributed by atoms with Gasteiger partial charge in [0, 0.05) is 18.2 Å². The fourth-order valence-electron chi connectivity index (χ4n) is 2.54. The van der Waals surface area contributed by atoms with E-state index in [1.54, 1.807) is 0 Å². The molecule has 1 aliphatic heterocycles. The second-order valence-electron chi connectivity index (χ2n) is 5.51. The van der Waals surface area contributed by atoms with Crippen LogP contribution in [0.2, 0.25) is 0 Å². The quantitative estimate of drug-likeness (QED) is 0.781. The third-order valence-corrected chi connectivity index (χ3v) is 4.69. The highest BCUT2D eigenvalue weighted by atomic mass is 32.2. The van der Waals surface area contributed by atoms with E-state index in [9.17, 15) is 9.59 Å². The van der Waals surface area contributed by atoms with Gasteiger partial charge in [0.15, 0.2) is 0 Å². The molecule has 0 spiro atoms. The Labute approximate surface area is 145 Å². The van der Waals surface area contributed by atoms with Crippen molar-refractivity contribution < 1.29 is 9.59 Å². The number of para-hydroxylation sites is 1. The molecule has 2 unspecified atom stereocenters. The lowest BCUT2D eigenvalue weighted by molar-refractivity contribution is -0.123. The summed E-state index contributed by atoms with van der Waals surface area (Å²) in [5, 5.41) is 9.07. The monoisotopic (exact) mass is 341 g/mol. The molecule has 2 aromatic carbocycles. The fourth-order valence-corrected chi connectivity index (χ4v) is 3.41. The Morgan fingerprint density at radius 2 is 1.75 bits per heavy atom. The van der Waals surface area contributed by atoms with E-state index >= 15 is 0 Å². The predicted molar refractivity (Wildman–Crippen MR) is 96.4 cm³/mol. The Morgan fingerprint density at radius 3 is 2.46 bits per heavy atom. The van der Waals surface area contributed by atoms with Gasteiger partial charge in [-0.05, 0) is 17.7 Å². The molecule has 1 fully saturated rings. The molecule has 0 aliphatic carbocycles. The number of anilines is 1. The third kappa shape index (κ3) is 4.59. The molecule has 24 heavy (non-hydrogen) atoms. The van der Waals surface area contributed by atoms with Gasteiger partial charge in [0.25, 0.3) is 0 Å². The van der Waals surface area contributed by atoms with Crippen LogP contribution in [0, 0.1) is 0 Å². The van der Waals surface area contributed by atoms with Crippen molar-refractivity contribution in [2.75, 3.05) is 11.1 Å². The summed E-state index contributed by atoms with van der Waals surface area (Å²) in [6.07, 6.45) is 0.400. The lowest BCUT2D eigenvalue weighted by atomic mass is 10.0. The van der Waals surface area contributed by atoms with Crippen LogP contribution in [0.3, 0.4) is 0 Å². The first kappa shape index (κ1) is 16.5. The summed E-state index contributed by atoms with van der Waals surface area (Å²) in [5.41, 5.74) is 1.57. The van der Waals surface area contributed by atoms with E-state index in [4.69, 9.17) is 0 Å². The zero-order valence-corrected chi connectivity index (χ0v) is 13.9. The summed E-state index contributed by atoms with van der Waals surface area (Å²) < 4.78 is 0. The van der Waals surface area contributed by atoms with E-state index in [0.29, 0.717) is 6.42 Å². The topological polar surface area (TPSA) is 70.2 Å². The molecule has 0 radical (unpaired) electrons. The summed E-state index contributed by atoms with van der Waals surface area (Å²) in [6.45, 7) is 0. The first-order chi connectivity index (χ1) is 11.7. The van der Waals surface area contributed by atoms with Crippen LogP contribution in [0.5, 0.6) is 0 Å². The van der Waals surface area contributed by atoms with Crippen LogP contribution in [0.25, 0.3) is 0 Å². The lowest BCUT2D eigenvalue weighted by Gasteiger charge is -2.31. The summed E-state index contributed by atoms with van der Waals surface area (Å²) >= 11 is 1.37. The molecule has 0 aromatic heterocycles. The van der Waals surface area contributed by atoms with Gasteiger partial charge in [-0.3, -0.25) is 14.9 Å². The molecule has 1 saturated heterocycles. The van der Waals surface area contributed by atoms with Crippen molar-refractivity contribution in [2.45, 2.75) is 18.0 Å². The van der Waals surface area contributed by atoms with Crippen LogP contribution in [0.15, 0.2) is 60.7 Å². The van der Waals surface area contributed by atoms with Gasteiger partial charge < -0.3 is 10.6 Å². The van der Waals surface area contributed by atoms with Crippen molar-refractivity contribution in [3.63, 3.8) is 0 Å². The Balaban J connectivity index is 1.53. The number of hydrogen-bond acceptors (Lipinski definition) is 4. The fraction of sp³-hybridized carbons (Fsp3) is 0.222. The normalized spacial score (nSPS) is 20.2. The van der Waals surface area contributed by atoms with Crippen molar-refractivity contribution in [1.29, 1.82) is 0 Å². The van der Waals surface area contributed by atoms with Crippen LogP contribution in [-0.4, -0.2) is 23.1 Å². The lowest BCUT2D eigenvalue weighted by Crippen LogP contribution is -2.51. The second kappa shape index (κ2) is 7.99. The van der Waals surface area contributed by atoms with E-state index in [2.05, 4.69) is 16.0 Å². The van der Waals surface area contributed by atoms with Crippen LogP contribution in [-0.2, 0) is 9.59 Å². The largest absolute Gasteiger partial charge is 0.332 e. The van der Waals surface area contributed by atoms with Gasteiger partial charge >= 0.3 is 0 Å². The van der Waals surface area contributed by atoms with Crippen LogP contribution < -0.4 is 16.0 Å². The summed E-state index contributed by atoms with van der Waals surface area (Å²) in [4.78, 5) is 23.9. The molecular formula is C18H19N3O2S. The number of nitrogens with one attached hydrogen (secondary N) is 3. The third-order valence-electron chi connectivity index (χ3n) is 3.67. The molecule has 5 nitrogen and oxygen atoms in total. The van der Waals surface area contributed by atoms with Gasteiger partial charge in [0.05, 0.1) is 5.75 Å². The van der Waals surface area contributed by atoms with E-state index in [0.717, 1.165) is 11.3 Å². The molecule has 0 saturated carbocycles. The Morgan fingerprint density at radius 1 is 1.08 bits per heavy atom. The Kier molecular flexibility index (Phi) is 5.51. The van der Waals surface area contributed by atoms with E-state index in [1.807, 2.05) is 60.7 Å². The van der Waals surface area contributed by atoms with Gasteiger partial charge in [-0.15, -0.1) is 11.8 Å². The standard InChI is InChI=1S/C18H19N3O2S/c22-16-11-15(13-7-3-1-4-8-13)20-18(21-16)24-12-17(23)19-14-9-5-2-6-10-14/h1-10,15,18,20H,11-12H2,(H,19,23)(H,21,22). The molecule has 6 heteroatoms. The summed E-state index contributed by atoms with van der Waals surface area (Å²) in [7, 11) is 0. The number of amides is 2. The summed E-state index contributed by atoms with van der Waals surface area (Å²) in [6, 6.07) is 19.2. The number of carbonyl (C=O) groups is 2.